The molecular weight excluding hydrogens is 268 g/mol. The number of hydrogen-bond acceptors (Lipinski definition) is 3. The molecule has 118 valence electrons. The molecule has 2 aliphatic carbocycles. The van der Waals surface area contributed by atoms with Crippen LogP contribution in [0, 0.1) is 5.92 Å². The fraction of sp³-hybridized carbons (Fsp3) is 0.875. The minimum absolute atomic E-state index is 0.00281. The maximum Gasteiger partial charge on any atom is 0.248 e. The lowest BCUT2D eigenvalue weighted by atomic mass is 9.94. The molecule has 2 saturated carbocycles. The van der Waals surface area contributed by atoms with Gasteiger partial charge in [-0.05, 0) is 38.5 Å². The topological polar surface area (TPSA) is 58.6 Å². The Kier molecular flexibility index (Phi) is 4.20. The molecule has 1 aliphatic heterocycles. The number of rotatable bonds is 5. The second-order valence-electron chi connectivity index (χ2n) is 6.84. The van der Waals surface area contributed by atoms with Gasteiger partial charge in [0.1, 0.15) is 5.54 Å². The molecule has 1 heterocycles. The average molecular weight is 294 g/mol. The molecular formula is C16H26N2O3. The summed E-state index contributed by atoms with van der Waals surface area (Å²) in [5.74, 6) is 0.383. The molecule has 1 N–H and O–H groups in total. The van der Waals surface area contributed by atoms with E-state index in [1.54, 1.807) is 0 Å². The number of nitrogens with zero attached hydrogens (tertiary/aromatic N) is 1. The third-order valence-electron chi connectivity index (χ3n) is 5.15. The van der Waals surface area contributed by atoms with Crippen LogP contribution in [0.5, 0.6) is 0 Å². The van der Waals surface area contributed by atoms with E-state index in [-0.39, 0.29) is 11.8 Å². The summed E-state index contributed by atoms with van der Waals surface area (Å²) < 4.78 is 5.87. The molecule has 0 radical (unpaired) electrons. The van der Waals surface area contributed by atoms with E-state index in [1.165, 1.54) is 12.8 Å². The van der Waals surface area contributed by atoms with E-state index in [2.05, 4.69) is 5.32 Å². The van der Waals surface area contributed by atoms with Crippen molar-refractivity contribution >= 4 is 11.8 Å². The number of carbonyl (C=O) groups is 2. The molecule has 3 fully saturated rings. The normalized spacial score (nSPS) is 31.4. The van der Waals surface area contributed by atoms with Crippen molar-refractivity contribution in [3.05, 3.63) is 0 Å². The van der Waals surface area contributed by atoms with Crippen LogP contribution in [-0.2, 0) is 14.3 Å². The number of amides is 2. The van der Waals surface area contributed by atoms with Crippen molar-refractivity contribution in [3.63, 3.8) is 0 Å². The summed E-state index contributed by atoms with van der Waals surface area (Å²) in [5.41, 5.74) is -0.694. The molecule has 1 atom stereocenters. The fourth-order valence-corrected chi connectivity index (χ4v) is 3.61. The van der Waals surface area contributed by atoms with Crippen molar-refractivity contribution < 1.29 is 14.3 Å². The van der Waals surface area contributed by atoms with Crippen molar-refractivity contribution in [1.82, 2.24) is 10.2 Å². The Hall–Kier alpha value is -1.10. The van der Waals surface area contributed by atoms with Gasteiger partial charge in [-0.3, -0.25) is 9.59 Å². The quantitative estimate of drug-likeness (QED) is 0.835. The summed E-state index contributed by atoms with van der Waals surface area (Å²) in [6.07, 6.45) is 7.65. The van der Waals surface area contributed by atoms with E-state index < -0.39 is 5.54 Å². The molecule has 5 nitrogen and oxygen atoms in total. The van der Waals surface area contributed by atoms with Crippen LogP contribution in [0.3, 0.4) is 0 Å². The Morgan fingerprint density at radius 1 is 1.24 bits per heavy atom. The van der Waals surface area contributed by atoms with Gasteiger partial charge in [-0.2, -0.15) is 0 Å². The van der Waals surface area contributed by atoms with E-state index in [0.717, 1.165) is 25.7 Å². The highest BCUT2D eigenvalue weighted by Crippen LogP contribution is 2.41. The monoisotopic (exact) mass is 294 g/mol. The summed E-state index contributed by atoms with van der Waals surface area (Å²) in [6.45, 7) is 3.60. The molecule has 3 rings (SSSR count). The lowest BCUT2D eigenvalue weighted by molar-refractivity contribution is -0.140. The van der Waals surface area contributed by atoms with Gasteiger partial charge in [-0.25, -0.2) is 0 Å². The van der Waals surface area contributed by atoms with Gasteiger partial charge >= 0.3 is 0 Å². The first-order valence-corrected chi connectivity index (χ1v) is 8.31. The van der Waals surface area contributed by atoms with Crippen LogP contribution in [-0.4, -0.2) is 48.1 Å². The Morgan fingerprint density at radius 2 is 1.95 bits per heavy atom. The zero-order valence-electron chi connectivity index (χ0n) is 12.9. The molecule has 2 amide bonds. The predicted molar refractivity (Wildman–Crippen MR) is 78.7 cm³/mol. The minimum atomic E-state index is -0.694. The van der Waals surface area contributed by atoms with Crippen molar-refractivity contribution in [2.75, 3.05) is 19.7 Å². The van der Waals surface area contributed by atoms with Crippen LogP contribution in [0.15, 0.2) is 0 Å². The molecule has 0 spiro atoms. The smallest absolute Gasteiger partial charge is 0.248 e. The van der Waals surface area contributed by atoms with Gasteiger partial charge in [0, 0.05) is 19.5 Å². The highest BCUT2D eigenvalue weighted by atomic mass is 16.5. The summed E-state index contributed by atoms with van der Waals surface area (Å²) in [4.78, 5) is 26.5. The second kappa shape index (κ2) is 5.95. The highest BCUT2D eigenvalue weighted by molar-refractivity contribution is 5.93. The van der Waals surface area contributed by atoms with Gasteiger partial charge in [-0.1, -0.05) is 12.8 Å². The number of carbonyl (C=O) groups excluding carboxylic acids is 2. The number of nitrogens with one attached hydrogen (secondary N) is 1. The Labute approximate surface area is 126 Å². The average Bonchev–Trinajstić information content (AvgIpc) is 3.21. The van der Waals surface area contributed by atoms with Gasteiger partial charge < -0.3 is 15.0 Å². The Morgan fingerprint density at radius 3 is 2.62 bits per heavy atom. The van der Waals surface area contributed by atoms with E-state index in [4.69, 9.17) is 4.74 Å². The molecule has 1 unspecified atom stereocenters. The van der Waals surface area contributed by atoms with Crippen LogP contribution >= 0.6 is 0 Å². The molecule has 1 saturated heterocycles. The Balaban J connectivity index is 1.57. The minimum Gasteiger partial charge on any atom is -0.376 e. The molecule has 3 aliphatic rings. The zero-order valence-corrected chi connectivity index (χ0v) is 12.9. The van der Waals surface area contributed by atoms with Crippen molar-refractivity contribution in [2.45, 2.75) is 63.5 Å². The molecule has 0 bridgehead atoms. The molecule has 0 aromatic heterocycles. The van der Waals surface area contributed by atoms with E-state index in [9.17, 15) is 9.59 Å². The SMILES string of the molecule is CC1(C2CC2)NC(=O)CCN(CCOC2CCCC2)C1=O. The van der Waals surface area contributed by atoms with Crippen LogP contribution in [0.4, 0.5) is 0 Å². The van der Waals surface area contributed by atoms with Gasteiger partial charge in [-0.15, -0.1) is 0 Å². The largest absolute Gasteiger partial charge is 0.376 e. The third kappa shape index (κ3) is 3.23. The Bertz CT molecular complexity index is 416. The van der Waals surface area contributed by atoms with E-state index in [1.807, 2.05) is 11.8 Å². The lowest BCUT2D eigenvalue weighted by Gasteiger charge is -2.32. The second-order valence-corrected chi connectivity index (χ2v) is 6.84. The number of hydrogen-bond donors (Lipinski definition) is 1. The van der Waals surface area contributed by atoms with Crippen LogP contribution < -0.4 is 5.32 Å². The first-order chi connectivity index (χ1) is 10.1. The van der Waals surface area contributed by atoms with Gasteiger partial charge in [0.25, 0.3) is 0 Å². The molecule has 0 aromatic carbocycles. The van der Waals surface area contributed by atoms with Crippen molar-refractivity contribution in [3.8, 4) is 0 Å². The van der Waals surface area contributed by atoms with E-state index in [0.29, 0.717) is 38.1 Å². The maximum absolute atomic E-state index is 12.8. The number of ether oxygens (including phenoxy) is 1. The van der Waals surface area contributed by atoms with Crippen LogP contribution in [0.2, 0.25) is 0 Å². The summed E-state index contributed by atoms with van der Waals surface area (Å²) in [7, 11) is 0. The van der Waals surface area contributed by atoms with Crippen molar-refractivity contribution in [1.29, 1.82) is 0 Å². The molecule has 5 heteroatoms. The lowest BCUT2D eigenvalue weighted by Crippen LogP contribution is -2.57. The van der Waals surface area contributed by atoms with Crippen LogP contribution in [0.25, 0.3) is 0 Å². The standard InChI is InChI=1S/C16H26N2O3/c1-16(12-6-7-12)15(20)18(9-8-14(19)17-16)10-11-21-13-4-2-3-5-13/h12-13H,2-11H2,1H3,(H,17,19). The molecule has 21 heavy (non-hydrogen) atoms. The predicted octanol–water partition coefficient (Wildman–Crippen LogP) is 1.46. The molecule has 0 aromatic rings. The maximum atomic E-state index is 12.8. The van der Waals surface area contributed by atoms with Gasteiger partial charge in [0.15, 0.2) is 0 Å². The van der Waals surface area contributed by atoms with E-state index >= 15 is 0 Å². The van der Waals surface area contributed by atoms with Crippen LogP contribution in [0.1, 0.15) is 51.9 Å². The first kappa shape index (κ1) is 14.8. The fourth-order valence-electron chi connectivity index (χ4n) is 3.61. The summed E-state index contributed by atoms with van der Waals surface area (Å²) in [6, 6.07) is 0. The van der Waals surface area contributed by atoms with Gasteiger partial charge in [0.2, 0.25) is 11.8 Å². The van der Waals surface area contributed by atoms with Gasteiger partial charge in [0.05, 0.1) is 12.7 Å². The first-order valence-electron chi connectivity index (χ1n) is 8.31. The summed E-state index contributed by atoms with van der Waals surface area (Å²) in [5, 5.41) is 2.96. The zero-order chi connectivity index (χ0) is 14.9. The third-order valence-corrected chi connectivity index (χ3v) is 5.15. The highest BCUT2D eigenvalue weighted by Gasteiger charge is 2.50. The summed E-state index contributed by atoms with van der Waals surface area (Å²) >= 11 is 0. The van der Waals surface area contributed by atoms with Crippen molar-refractivity contribution in [2.24, 2.45) is 5.92 Å².